The second kappa shape index (κ2) is 8.34. The van der Waals surface area contributed by atoms with E-state index in [2.05, 4.69) is 31.9 Å². The topological polar surface area (TPSA) is 52.5 Å². The van der Waals surface area contributed by atoms with Crippen LogP contribution in [0.5, 0.6) is 5.75 Å². The number of hydrogen-bond donors (Lipinski definition) is 1. The summed E-state index contributed by atoms with van der Waals surface area (Å²) in [4.78, 5) is 14.2. The quantitative estimate of drug-likeness (QED) is 0.388. The van der Waals surface area contributed by atoms with Crippen molar-refractivity contribution in [1.29, 1.82) is 0 Å². The van der Waals surface area contributed by atoms with Crippen LogP contribution in [-0.2, 0) is 13.0 Å². The first-order valence-electron chi connectivity index (χ1n) is 11.8. The van der Waals surface area contributed by atoms with Crippen LogP contribution in [0.2, 0.25) is 0 Å². The van der Waals surface area contributed by atoms with Crippen molar-refractivity contribution in [2.45, 2.75) is 32.0 Å². The van der Waals surface area contributed by atoms with E-state index >= 15 is 0 Å². The summed E-state index contributed by atoms with van der Waals surface area (Å²) in [5.41, 5.74) is 1.07. The van der Waals surface area contributed by atoms with Gasteiger partial charge in [-0.25, -0.2) is 9.97 Å². The van der Waals surface area contributed by atoms with Gasteiger partial charge in [0.05, 0.1) is 11.8 Å². The maximum atomic E-state index is 12.9. The molecule has 1 N–H and O–H groups in total. The highest BCUT2D eigenvalue weighted by molar-refractivity contribution is 7.18. The van der Waals surface area contributed by atoms with Crippen LogP contribution in [0.1, 0.15) is 23.3 Å². The predicted octanol–water partition coefficient (Wildman–Crippen LogP) is 5.76. The number of phenolic OH excluding ortho intramolecular Hbond substituents is 1. The van der Waals surface area contributed by atoms with E-state index in [4.69, 9.17) is 0 Å². The van der Waals surface area contributed by atoms with Gasteiger partial charge in [-0.15, -0.1) is 11.3 Å². The minimum absolute atomic E-state index is 0.113. The van der Waals surface area contributed by atoms with Crippen molar-refractivity contribution in [3.8, 4) is 5.75 Å². The molecule has 1 spiro atoms. The fourth-order valence-electron chi connectivity index (χ4n) is 5.76. The maximum absolute atomic E-state index is 12.9. The number of rotatable bonds is 4. The molecule has 1 atom stereocenters. The van der Waals surface area contributed by atoms with Gasteiger partial charge in [0, 0.05) is 42.0 Å². The molecule has 0 bridgehead atoms. The number of likely N-dealkylation sites (tertiary alicyclic amines) is 1. The molecule has 1 unspecified atom stereocenters. The Hall–Kier alpha value is -2.91. The van der Waals surface area contributed by atoms with Crippen LogP contribution in [0, 0.1) is 5.41 Å². The third-order valence-corrected chi connectivity index (χ3v) is 8.43. The molecule has 2 aromatic heterocycles. The largest absolute Gasteiger partial charge is 0.508 e. The zero-order valence-corrected chi connectivity index (χ0v) is 19.9. The van der Waals surface area contributed by atoms with Crippen LogP contribution in [0.15, 0.2) is 48.8 Å². The molecule has 2 aromatic carbocycles. The van der Waals surface area contributed by atoms with Crippen molar-refractivity contribution in [2.75, 3.05) is 31.1 Å². The minimum Gasteiger partial charge on any atom is -0.508 e. The van der Waals surface area contributed by atoms with Crippen molar-refractivity contribution in [1.82, 2.24) is 14.9 Å². The van der Waals surface area contributed by atoms with Crippen molar-refractivity contribution in [2.24, 2.45) is 5.41 Å². The minimum atomic E-state index is -4.24. The highest BCUT2D eigenvalue weighted by atomic mass is 32.1. The summed E-state index contributed by atoms with van der Waals surface area (Å²) in [5.74, 6) is 1.06. The second-order valence-corrected chi connectivity index (χ2v) is 11.0. The number of fused-ring (bicyclic) bond motifs is 2. The second-order valence-electron chi connectivity index (χ2n) is 9.84. The summed E-state index contributed by atoms with van der Waals surface area (Å²) in [5, 5.41) is 13.5. The van der Waals surface area contributed by atoms with Gasteiger partial charge in [-0.05, 0) is 42.3 Å². The molecule has 2 saturated heterocycles. The molecule has 2 aliphatic heterocycles. The van der Waals surface area contributed by atoms with Crippen molar-refractivity contribution >= 4 is 38.1 Å². The normalized spacial score (nSPS) is 21.2. The molecule has 0 amide bonds. The monoisotopic (exact) mass is 498 g/mol. The van der Waals surface area contributed by atoms with Gasteiger partial charge in [-0.3, -0.25) is 4.90 Å². The van der Waals surface area contributed by atoms with Crippen molar-refractivity contribution in [3.63, 3.8) is 0 Å². The number of phenols is 1. The average molecular weight is 499 g/mol. The van der Waals surface area contributed by atoms with E-state index in [1.54, 1.807) is 12.1 Å². The summed E-state index contributed by atoms with van der Waals surface area (Å²) < 4.78 is 38.7. The fraction of sp³-hybridized carbons (Fsp3) is 0.385. The average Bonchev–Trinajstić information content (AvgIpc) is 3.53. The van der Waals surface area contributed by atoms with Crippen LogP contribution in [0.25, 0.3) is 21.0 Å². The number of nitrogens with zero attached hydrogens (tertiary/aromatic N) is 4. The Morgan fingerprint density at radius 3 is 2.69 bits per heavy atom. The third-order valence-electron chi connectivity index (χ3n) is 7.39. The Morgan fingerprint density at radius 1 is 1.00 bits per heavy atom. The zero-order valence-electron chi connectivity index (χ0n) is 19.1. The van der Waals surface area contributed by atoms with E-state index in [0.717, 1.165) is 72.5 Å². The lowest BCUT2D eigenvalue weighted by atomic mass is 9.86. The van der Waals surface area contributed by atoms with E-state index in [0.29, 0.717) is 22.5 Å². The number of aromatic hydroxyl groups is 1. The molecule has 4 aromatic rings. The highest BCUT2D eigenvalue weighted by Crippen LogP contribution is 2.44. The van der Waals surface area contributed by atoms with E-state index in [-0.39, 0.29) is 10.3 Å². The first-order valence-corrected chi connectivity index (χ1v) is 12.6. The molecule has 5 nitrogen and oxygen atoms in total. The number of anilines is 1. The molecule has 4 heterocycles. The molecule has 0 radical (unpaired) electrons. The van der Waals surface area contributed by atoms with Gasteiger partial charge >= 0.3 is 6.18 Å². The first-order chi connectivity index (χ1) is 16.8. The molecule has 9 heteroatoms. The molecule has 2 aliphatic rings. The smallest absolute Gasteiger partial charge is 0.393 e. The third kappa shape index (κ3) is 4.31. The number of thiophene rings is 1. The van der Waals surface area contributed by atoms with E-state index < -0.39 is 12.6 Å². The first kappa shape index (κ1) is 22.5. The van der Waals surface area contributed by atoms with E-state index in [1.165, 1.54) is 6.33 Å². The molecular weight excluding hydrogens is 473 g/mol. The summed E-state index contributed by atoms with van der Waals surface area (Å²) in [6, 6.07) is 13.4. The zero-order chi connectivity index (χ0) is 24.2. The summed E-state index contributed by atoms with van der Waals surface area (Å²) in [6.45, 7) is 4.21. The maximum Gasteiger partial charge on any atom is 0.393 e. The van der Waals surface area contributed by atoms with Gasteiger partial charge in [0.15, 0.2) is 0 Å². The Kier molecular flexibility index (Phi) is 5.37. The van der Waals surface area contributed by atoms with Gasteiger partial charge in [-0.2, -0.15) is 13.2 Å². The van der Waals surface area contributed by atoms with Gasteiger partial charge in [0.1, 0.15) is 22.7 Å². The fourth-order valence-corrected chi connectivity index (χ4v) is 6.78. The van der Waals surface area contributed by atoms with Gasteiger partial charge < -0.3 is 10.0 Å². The van der Waals surface area contributed by atoms with Gasteiger partial charge in [0.2, 0.25) is 0 Å². The number of benzene rings is 2. The number of aromatic nitrogens is 2. The van der Waals surface area contributed by atoms with Crippen LogP contribution in [-0.4, -0.2) is 52.3 Å². The van der Waals surface area contributed by atoms with Crippen LogP contribution in [0.3, 0.4) is 0 Å². The van der Waals surface area contributed by atoms with E-state index in [9.17, 15) is 18.3 Å². The lowest BCUT2D eigenvalue weighted by molar-refractivity contribution is -0.126. The molecule has 2 fully saturated rings. The standard InChI is InChI=1S/C26H25F3N4OS/c27-26(28,29)12-18-11-20-23(30-16-31-24(20)35-18)33-10-8-25(15-33)7-9-32(14-25)13-21-19-4-2-1-3-17(19)5-6-22(21)34/h1-6,11,16,34H,7-10,12-15H2. The molecule has 0 aliphatic carbocycles. The van der Waals surface area contributed by atoms with Gasteiger partial charge in [0.25, 0.3) is 0 Å². The van der Waals surface area contributed by atoms with Crippen molar-refractivity contribution < 1.29 is 18.3 Å². The SMILES string of the molecule is Oc1ccc2ccccc2c1CN1CCC2(CCN(c3ncnc4sc(CC(F)(F)F)cc34)C2)C1. The Balaban J connectivity index is 1.20. The summed E-state index contributed by atoms with van der Waals surface area (Å²) >= 11 is 1.09. The number of halogens is 3. The van der Waals surface area contributed by atoms with E-state index in [1.807, 2.05) is 18.2 Å². The Labute approximate surface area is 204 Å². The van der Waals surface area contributed by atoms with Crippen LogP contribution in [0.4, 0.5) is 19.0 Å². The molecule has 35 heavy (non-hydrogen) atoms. The Morgan fingerprint density at radius 2 is 1.83 bits per heavy atom. The molecule has 182 valence electrons. The summed E-state index contributed by atoms with van der Waals surface area (Å²) in [6.07, 6.45) is -1.66. The number of hydrogen-bond acceptors (Lipinski definition) is 6. The lowest BCUT2D eigenvalue weighted by Crippen LogP contribution is -2.31. The highest BCUT2D eigenvalue weighted by Gasteiger charge is 2.44. The molecular formula is C26H25F3N4OS. The van der Waals surface area contributed by atoms with Crippen molar-refractivity contribution in [3.05, 3.63) is 59.2 Å². The molecule has 6 rings (SSSR count). The van der Waals surface area contributed by atoms with Gasteiger partial charge in [-0.1, -0.05) is 30.3 Å². The molecule has 0 saturated carbocycles. The number of alkyl halides is 3. The lowest BCUT2D eigenvalue weighted by Gasteiger charge is -2.26. The van der Waals surface area contributed by atoms with Crippen LogP contribution >= 0.6 is 11.3 Å². The Bertz CT molecular complexity index is 1400. The summed E-state index contributed by atoms with van der Waals surface area (Å²) in [7, 11) is 0. The van der Waals surface area contributed by atoms with Crippen LogP contribution < -0.4 is 4.90 Å². The predicted molar refractivity (Wildman–Crippen MR) is 132 cm³/mol.